The summed E-state index contributed by atoms with van der Waals surface area (Å²) in [6.07, 6.45) is 7.79. The summed E-state index contributed by atoms with van der Waals surface area (Å²) in [4.78, 5) is 33.4. The van der Waals surface area contributed by atoms with Crippen LogP contribution in [0.1, 0.15) is 45.6 Å². The van der Waals surface area contributed by atoms with Crippen molar-refractivity contribution in [2.24, 2.45) is 0 Å². The molecule has 2 aromatic rings. The van der Waals surface area contributed by atoms with E-state index in [0.717, 1.165) is 67.7 Å². The smallest absolute Gasteiger partial charge is 0.333 e. The zero-order valence-corrected chi connectivity index (χ0v) is 17.7. The maximum Gasteiger partial charge on any atom is 0.333 e. The number of amides is 3. The number of benzene rings is 1. The van der Waals surface area contributed by atoms with Gasteiger partial charge >= 0.3 is 6.03 Å². The van der Waals surface area contributed by atoms with Crippen LogP contribution in [0.5, 0.6) is 0 Å². The molecule has 0 atom stereocenters. The Morgan fingerprint density at radius 3 is 2.13 bits per heavy atom. The molecular weight excluding hydrogens is 406 g/mol. The maximum absolute atomic E-state index is 12.6. The molecular formula is C20H23N5O4S. The Balaban J connectivity index is 1.53. The molecule has 1 heterocycles. The fourth-order valence-corrected chi connectivity index (χ4v) is 4.86. The number of carbonyl (C=O) groups excluding carboxylic acids is 2. The molecule has 158 valence electrons. The Morgan fingerprint density at radius 2 is 1.60 bits per heavy atom. The SMILES string of the molecule is CN(C)C(=O)c1cnc(S(=O)(=O)NC(=O)Nc2c3c(cc4c2CCC4)CCC3)cn1. The summed E-state index contributed by atoms with van der Waals surface area (Å²) >= 11 is 0. The van der Waals surface area contributed by atoms with Crippen LogP contribution >= 0.6 is 0 Å². The second-order valence-corrected chi connectivity index (χ2v) is 9.36. The van der Waals surface area contributed by atoms with Crippen molar-refractivity contribution in [3.8, 4) is 0 Å². The summed E-state index contributed by atoms with van der Waals surface area (Å²) in [5.74, 6) is -0.399. The van der Waals surface area contributed by atoms with Crippen LogP contribution in [0, 0.1) is 0 Å². The van der Waals surface area contributed by atoms with Gasteiger partial charge in [-0.3, -0.25) is 4.79 Å². The van der Waals surface area contributed by atoms with Crippen molar-refractivity contribution in [3.63, 3.8) is 0 Å². The second-order valence-electron chi connectivity index (χ2n) is 7.73. The Labute approximate surface area is 175 Å². The highest BCUT2D eigenvalue weighted by molar-refractivity contribution is 7.90. The third-order valence-corrected chi connectivity index (χ3v) is 6.68. The first-order valence-corrected chi connectivity index (χ1v) is 11.3. The van der Waals surface area contributed by atoms with Crippen molar-refractivity contribution in [3.05, 3.63) is 46.4 Å². The molecule has 0 bridgehead atoms. The number of aryl methyl sites for hydroxylation is 2. The largest absolute Gasteiger partial charge is 0.343 e. The lowest BCUT2D eigenvalue weighted by atomic mass is 9.99. The van der Waals surface area contributed by atoms with E-state index in [9.17, 15) is 18.0 Å². The minimum atomic E-state index is -4.23. The van der Waals surface area contributed by atoms with Crippen molar-refractivity contribution in [1.29, 1.82) is 0 Å². The van der Waals surface area contributed by atoms with E-state index < -0.39 is 27.0 Å². The Hall–Kier alpha value is -3.01. The van der Waals surface area contributed by atoms with Crippen molar-refractivity contribution in [1.82, 2.24) is 19.6 Å². The van der Waals surface area contributed by atoms with Crippen molar-refractivity contribution >= 4 is 27.6 Å². The topological polar surface area (TPSA) is 121 Å². The van der Waals surface area contributed by atoms with Gasteiger partial charge in [0, 0.05) is 19.8 Å². The van der Waals surface area contributed by atoms with Gasteiger partial charge in [-0.15, -0.1) is 0 Å². The molecule has 0 radical (unpaired) electrons. The first-order valence-electron chi connectivity index (χ1n) is 9.80. The zero-order valence-electron chi connectivity index (χ0n) is 16.9. The van der Waals surface area contributed by atoms with Gasteiger partial charge in [-0.1, -0.05) is 6.07 Å². The fourth-order valence-electron chi connectivity index (χ4n) is 4.08. The molecule has 0 aliphatic heterocycles. The number of fused-ring (bicyclic) bond motifs is 2. The molecule has 2 aliphatic rings. The molecule has 0 unspecified atom stereocenters. The van der Waals surface area contributed by atoms with Crippen LogP contribution in [0.4, 0.5) is 10.5 Å². The summed E-state index contributed by atoms with van der Waals surface area (Å²) in [5.41, 5.74) is 5.45. The number of nitrogens with one attached hydrogen (secondary N) is 2. The van der Waals surface area contributed by atoms with Gasteiger partial charge in [0.05, 0.1) is 12.4 Å². The van der Waals surface area contributed by atoms with Gasteiger partial charge < -0.3 is 10.2 Å². The van der Waals surface area contributed by atoms with Gasteiger partial charge in [0.2, 0.25) is 0 Å². The standard InChI is InChI=1S/C20H23N5O4S/c1-25(2)19(26)16-10-22-17(11-21-16)30(28,29)24-20(27)23-18-14-7-3-5-12(14)9-13-6-4-8-15(13)18/h9-11H,3-8H2,1-2H3,(H2,23,24,27). The van der Waals surface area contributed by atoms with Crippen LogP contribution in [-0.2, 0) is 35.7 Å². The molecule has 0 spiro atoms. The molecule has 1 aromatic carbocycles. The van der Waals surface area contributed by atoms with Gasteiger partial charge in [0.15, 0.2) is 5.03 Å². The number of anilines is 1. The van der Waals surface area contributed by atoms with Crippen LogP contribution in [0.25, 0.3) is 0 Å². The normalized spacial score (nSPS) is 14.7. The monoisotopic (exact) mass is 429 g/mol. The van der Waals surface area contributed by atoms with Gasteiger partial charge in [-0.2, -0.15) is 8.42 Å². The highest BCUT2D eigenvalue weighted by Gasteiger charge is 2.27. The lowest BCUT2D eigenvalue weighted by Crippen LogP contribution is -2.35. The first kappa shape index (κ1) is 20.3. The van der Waals surface area contributed by atoms with E-state index in [0.29, 0.717) is 0 Å². The number of nitrogens with zero attached hydrogens (tertiary/aromatic N) is 3. The van der Waals surface area contributed by atoms with Crippen LogP contribution in [-0.4, -0.2) is 49.3 Å². The van der Waals surface area contributed by atoms with Gasteiger partial charge in [0.25, 0.3) is 15.9 Å². The summed E-state index contributed by atoms with van der Waals surface area (Å²) in [5, 5.41) is 2.34. The van der Waals surface area contributed by atoms with Crippen molar-refractivity contribution in [2.45, 2.75) is 43.6 Å². The third-order valence-electron chi connectivity index (χ3n) is 5.47. The molecule has 2 aliphatic carbocycles. The van der Waals surface area contributed by atoms with Gasteiger partial charge in [-0.25, -0.2) is 19.5 Å². The second kappa shape index (κ2) is 7.67. The molecule has 3 amide bonds. The van der Waals surface area contributed by atoms with E-state index in [4.69, 9.17) is 0 Å². The molecule has 0 saturated carbocycles. The first-order chi connectivity index (χ1) is 14.3. The summed E-state index contributed by atoms with van der Waals surface area (Å²) < 4.78 is 27.1. The number of sulfonamides is 1. The lowest BCUT2D eigenvalue weighted by Gasteiger charge is -2.16. The average Bonchev–Trinajstić information content (AvgIpc) is 3.36. The van der Waals surface area contributed by atoms with E-state index >= 15 is 0 Å². The minimum Gasteiger partial charge on any atom is -0.343 e. The maximum atomic E-state index is 12.6. The third kappa shape index (κ3) is 3.74. The molecule has 0 saturated heterocycles. The lowest BCUT2D eigenvalue weighted by molar-refractivity contribution is 0.0821. The number of aromatic nitrogens is 2. The number of rotatable bonds is 4. The number of urea groups is 1. The van der Waals surface area contributed by atoms with Gasteiger partial charge in [0.1, 0.15) is 5.69 Å². The molecule has 0 fully saturated rings. The van der Waals surface area contributed by atoms with Gasteiger partial charge in [-0.05, 0) is 60.8 Å². The molecule has 30 heavy (non-hydrogen) atoms. The van der Waals surface area contributed by atoms with Crippen LogP contribution < -0.4 is 10.0 Å². The summed E-state index contributed by atoms with van der Waals surface area (Å²) in [6.45, 7) is 0. The predicted molar refractivity (Wildman–Crippen MR) is 110 cm³/mol. The van der Waals surface area contributed by atoms with Crippen molar-refractivity contribution < 1.29 is 18.0 Å². The number of carbonyl (C=O) groups is 2. The molecule has 1 aromatic heterocycles. The zero-order chi connectivity index (χ0) is 21.5. The Kier molecular flexibility index (Phi) is 5.19. The predicted octanol–water partition coefficient (Wildman–Crippen LogP) is 1.67. The van der Waals surface area contributed by atoms with Crippen LogP contribution in [0.15, 0.2) is 23.5 Å². The van der Waals surface area contributed by atoms with Crippen LogP contribution in [0.2, 0.25) is 0 Å². The minimum absolute atomic E-state index is 0.0128. The molecule has 2 N–H and O–H groups in total. The number of hydrogen-bond donors (Lipinski definition) is 2. The molecule has 10 heteroatoms. The van der Waals surface area contributed by atoms with E-state index in [1.54, 1.807) is 14.1 Å². The Bertz CT molecular complexity index is 1090. The van der Waals surface area contributed by atoms with E-state index in [1.807, 2.05) is 4.72 Å². The Morgan fingerprint density at radius 1 is 0.967 bits per heavy atom. The van der Waals surface area contributed by atoms with Crippen LogP contribution in [0.3, 0.4) is 0 Å². The summed E-state index contributed by atoms with van der Waals surface area (Å²) in [6, 6.07) is 1.40. The van der Waals surface area contributed by atoms with E-state index in [-0.39, 0.29) is 5.69 Å². The summed E-state index contributed by atoms with van der Waals surface area (Å²) in [7, 11) is -1.12. The van der Waals surface area contributed by atoms with Crippen molar-refractivity contribution in [2.75, 3.05) is 19.4 Å². The quantitative estimate of drug-likeness (QED) is 0.762. The highest BCUT2D eigenvalue weighted by atomic mass is 32.2. The van der Waals surface area contributed by atoms with E-state index in [1.165, 1.54) is 16.0 Å². The molecule has 4 rings (SSSR count). The fraction of sp³-hybridized carbons (Fsp3) is 0.400. The number of hydrogen-bond acceptors (Lipinski definition) is 6. The highest BCUT2D eigenvalue weighted by Crippen LogP contribution is 2.38. The average molecular weight is 430 g/mol. The molecule has 9 nitrogen and oxygen atoms in total. The van der Waals surface area contributed by atoms with E-state index in [2.05, 4.69) is 21.4 Å².